The summed E-state index contributed by atoms with van der Waals surface area (Å²) in [6, 6.07) is 1.90. The summed E-state index contributed by atoms with van der Waals surface area (Å²) in [7, 11) is 0. The molecule has 94 valence electrons. The summed E-state index contributed by atoms with van der Waals surface area (Å²) in [5, 5.41) is 8.73. The molecular formula is C12H10FNO3S. The standard InChI is InChI=1S/C12H10FNO3S/c1-7(15)18-4-2-3-8-5-9(13)6-10(11(8)14)12(16)17/h5-6H,4,14H2,1H3,(H,16,17). The van der Waals surface area contributed by atoms with E-state index in [-0.39, 0.29) is 27.7 Å². The van der Waals surface area contributed by atoms with Crippen LogP contribution in [0.5, 0.6) is 0 Å². The van der Waals surface area contributed by atoms with Crippen molar-refractivity contribution in [3.05, 3.63) is 29.1 Å². The summed E-state index contributed by atoms with van der Waals surface area (Å²) in [4.78, 5) is 21.5. The van der Waals surface area contributed by atoms with Crippen LogP contribution in [0.1, 0.15) is 22.8 Å². The van der Waals surface area contributed by atoms with E-state index in [2.05, 4.69) is 11.8 Å². The second-order valence-corrected chi connectivity index (χ2v) is 4.45. The first-order chi connectivity index (χ1) is 8.41. The zero-order valence-electron chi connectivity index (χ0n) is 9.49. The monoisotopic (exact) mass is 267 g/mol. The molecule has 0 radical (unpaired) electrons. The Hall–Kier alpha value is -2.00. The van der Waals surface area contributed by atoms with Gasteiger partial charge in [-0.3, -0.25) is 4.79 Å². The summed E-state index contributed by atoms with van der Waals surface area (Å²) in [6.07, 6.45) is 0. The van der Waals surface area contributed by atoms with Crippen LogP contribution in [-0.2, 0) is 4.79 Å². The molecule has 0 aliphatic heterocycles. The molecule has 0 atom stereocenters. The van der Waals surface area contributed by atoms with Crippen LogP contribution < -0.4 is 5.73 Å². The van der Waals surface area contributed by atoms with Gasteiger partial charge in [0.15, 0.2) is 5.12 Å². The minimum atomic E-state index is -1.31. The van der Waals surface area contributed by atoms with Crippen molar-refractivity contribution in [3.8, 4) is 11.8 Å². The van der Waals surface area contributed by atoms with Gasteiger partial charge in [0.25, 0.3) is 0 Å². The third-order valence-electron chi connectivity index (χ3n) is 1.95. The third kappa shape index (κ3) is 3.79. The molecule has 0 fully saturated rings. The number of aromatic carboxylic acids is 1. The molecule has 0 unspecified atom stereocenters. The van der Waals surface area contributed by atoms with E-state index in [9.17, 15) is 14.0 Å². The number of carbonyl (C=O) groups is 2. The Morgan fingerprint density at radius 2 is 2.17 bits per heavy atom. The van der Waals surface area contributed by atoms with Crippen LogP contribution in [0, 0.1) is 17.7 Å². The highest BCUT2D eigenvalue weighted by Crippen LogP contribution is 2.19. The Morgan fingerprint density at radius 1 is 1.50 bits per heavy atom. The molecule has 6 heteroatoms. The molecule has 1 rings (SSSR count). The molecule has 1 aromatic rings. The van der Waals surface area contributed by atoms with Gasteiger partial charge >= 0.3 is 5.97 Å². The number of halogens is 1. The van der Waals surface area contributed by atoms with Gasteiger partial charge in [-0.25, -0.2) is 9.18 Å². The van der Waals surface area contributed by atoms with Crippen LogP contribution >= 0.6 is 11.8 Å². The molecule has 4 nitrogen and oxygen atoms in total. The van der Waals surface area contributed by atoms with Crippen molar-refractivity contribution in [2.24, 2.45) is 0 Å². The Bertz CT molecular complexity index is 560. The van der Waals surface area contributed by atoms with Gasteiger partial charge in [0, 0.05) is 6.92 Å². The van der Waals surface area contributed by atoms with Crippen LogP contribution in [0.15, 0.2) is 12.1 Å². The lowest BCUT2D eigenvalue weighted by molar-refractivity contribution is -0.109. The Balaban J connectivity index is 3.02. The highest BCUT2D eigenvalue weighted by Gasteiger charge is 2.12. The number of hydrogen-bond acceptors (Lipinski definition) is 4. The Kier molecular flexibility index (Phi) is 4.75. The fourth-order valence-corrected chi connectivity index (χ4v) is 1.52. The lowest BCUT2D eigenvalue weighted by atomic mass is 10.1. The maximum absolute atomic E-state index is 13.2. The number of nitrogens with two attached hydrogens (primary N) is 1. The number of hydrogen-bond donors (Lipinski definition) is 2. The highest BCUT2D eigenvalue weighted by atomic mass is 32.2. The maximum atomic E-state index is 13.2. The summed E-state index contributed by atoms with van der Waals surface area (Å²) in [5.41, 5.74) is 5.28. The minimum absolute atomic E-state index is 0.0794. The van der Waals surface area contributed by atoms with Gasteiger partial charge in [0.2, 0.25) is 0 Å². The first-order valence-electron chi connectivity index (χ1n) is 4.86. The molecule has 1 aromatic carbocycles. The van der Waals surface area contributed by atoms with E-state index in [1.165, 1.54) is 6.92 Å². The van der Waals surface area contributed by atoms with Crippen LogP contribution in [0.2, 0.25) is 0 Å². The topological polar surface area (TPSA) is 80.4 Å². The number of carboxylic acids is 1. The van der Waals surface area contributed by atoms with E-state index in [0.717, 1.165) is 23.9 Å². The Morgan fingerprint density at radius 3 is 2.72 bits per heavy atom. The first kappa shape index (κ1) is 14.1. The fraction of sp³-hybridized carbons (Fsp3) is 0.167. The van der Waals surface area contributed by atoms with Gasteiger partial charge in [0.05, 0.1) is 22.6 Å². The van der Waals surface area contributed by atoms with E-state index >= 15 is 0 Å². The van der Waals surface area contributed by atoms with Crippen LogP contribution in [-0.4, -0.2) is 21.9 Å². The van der Waals surface area contributed by atoms with Crippen molar-refractivity contribution in [2.45, 2.75) is 6.92 Å². The zero-order chi connectivity index (χ0) is 13.7. The highest BCUT2D eigenvalue weighted by molar-refractivity contribution is 8.13. The number of rotatable bonds is 2. The third-order valence-corrected chi connectivity index (χ3v) is 2.64. The minimum Gasteiger partial charge on any atom is -0.478 e. The predicted octanol–water partition coefficient (Wildman–Crippen LogP) is 1.74. The number of nitrogen functional groups attached to an aromatic ring is 1. The van der Waals surface area contributed by atoms with E-state index < -0.39 is 11.8 Å². The molecule has 0 spiro atoms. The molecule has 0 heterocycles. The Labute approximate surface area is 107 Å². The first-order valence-corrected chi connectivity index (χ1v) is 5.85. The number of carboxylic acid groups (broad SMARTS) is 1. The summed E-state index contributed by atoms with van der Waals surface area (Å²) < 4.78 is 13.2. The normalized spacial score (nSPS) is 9.44. The zero-order valence-corrected chi connectivity index (χ0v) is 10.3. The molecule has 0 saturated carbocycles. The molecule has 0 aliphatic carbocycles. The number of benzene rings is 1. The molecule has 3 N–H and O–H groups in total. The van der Waals surface area contributed by atoms with Gasteiger partial charge in [0.1, 0.15) is 5.82 Å². The van der Waals surface area contributed by atoms with Crippen molar-refractivity contribution in [1.82, 2.24) is 0 Å². The summed E-state index contributed by atoms with van der Waals surface area (Å²) in [5.74, 6) is 3.39. The van der Waals surface area contributed by atoms with E-state index in [1.807, 2.05) is 0 Å². The van der Waals surface area contributed by atoms with Crippen molar-refractivity contribution in [3.63, 3.8) is 0 Å². The largest absolute Gasteiger partial charge is 0.478 e. The van der Waals surface area contributed by atoms with Crippen molar-refractivity contribution in [2.75, 3.05) is 11.5 Å². The molecule has 0 amide bonds. The second-order valence-electron chi connectivity index (χ2n) is 3.30. The van der Waals surface area contributed by atoms with E-state index in [0.29, 0.717) is 0 Å². The molecule has 0 bridgehead atoms. The van der Waals surface area contributed by atoms with Crippen molar-refractivity contribution >= 4 is 28.5 Å². The van der Waals surface area contributed by atoms with Crippen LogP contribution in [0.4, 0.5) is 10.1 Å². The molecule has 0 aromatic heterocycles. The van der Waals surface area contributed by atoms with Crippen molar-refractivity contribution < 1.29 is 19.1 Å². The number of thioether (sulfide) groups is 1. The number of anilines is 1. The van der Waals surface area contributed by atoms with Gasteiger partial charge in [-0.15, -0.1) is 0 Å². The van der Waals surface area contributed by atoms with Gasteiger partial charge in [-0.1, -0.05) is 23.6 Å². The SMILES string of the molecule is CC(=O)SCC#Cc1cc(F)cc(C(=O)O)c1N. The average Bonchev–Trinajstić information content (AvgIpc) is 2.27. The van der Waals surface area contributed by atoms with Gasteiger partial charge < -0.3 is 10.8 Å². The van der Waals surface area contributed by atoms with Crippen LogP contribution in [0.3, 0.4) is 0 Å². The van der Waals surface area contributed by atoms with Crippen LogP contribution in [0.25, 0.3) is 0 Å². The lowest BCUT2D eigenvalue weighted by Crippen LogP contribution is -2.05. The summed E-state index contributed by atoms with van der Waals surface area (Å²) >= 11 is 1.01. The molecule has 0 aliphatic rings. The van der Waals surface area contributed by atoms with E-state index in [4.69, 9.17) is 10.8 Å². The fourth-order valence-electron chi connectivity index (χ4n) is 1.17. The predicted molar refractivity (Wildman–Crippen MR) is 67.8 cm³/mol. The quantitative estimate of drug-likeness (QED) is 0.630. The van der Waals surface area contributed by atoms with E-state index in [1.54, 1.807) is 0 Å². The number of carbonyl (C=O) groups excluding carboxylic acids is 1. The average molecular weight is 267 g/mol. The molecule has 18 heavy (non-hydrogen) atoms. The smallest absolute Gasteiger partial charge is 0.337 e. The molecule has 0 saturated heterocycles. The van der Waals surface area contributed by atoms with Crippen molar-refractivity contribution in [1.29, 1.82) is 0 Å². The summed E-state index contributed by atoms with van der Waals surface area (Å²) in [6.45, 7) is 1.41. The second kappa shape index (κ2) is 6.07. The van der Waals surface area contributed by atoms with Gasteiger partial charge in [-0.05, 0) is 12.1 Å². The van der Waals surface area contributed by atoms with Gasteiger partial charge in [-0.2, -0.15) is 0 Å². The molecular weight excluding hydrogens is 257 g/mol. The maximum Gasteiger partial charge on any atom is 0.337 e. The lowest BCUT2D eigenvalue weighted by Gasteiger charge is -2.03.